The topological polar surface area (TPSA) is 68.0 Å². The Morgan fingerprint density at radius 2 is 1.43 bits per heavy atom. The minimum atomic E-state index is -0.123. The van der Waals surface area contributed by atoms with Crippen molar-refractivity contribution in [1.29, 1.82) is 0 Å². The van der Waals surface area contributed by atoms with Crippen molar-refractivity contribution in [3.8, 4) is 22.9 Å². The maximum atomic E-state index is 12.4. The molecule has 4 rings (SSSR count). The number of amides is 1. The normalized spacial score (nSPS) is 10.6. The first kappa shape index (κ1) is 17.7. The van der Waals surface area contributed by atoms with Gasteiger partial charge in [-0.25, -0.2) is 0 Å². The lowest BCUT2D eigenvalue weighted by atomic mass is 10.1. The minimum absolute atomic E-state index is 0.123. The van der Waals surface area contributed by atoms with Crippen LogP contribution < -0.4 is 5.32 Å². The zero-order chi connectivity index (χ0) is 19.3. The van der Waals surface area contributed by atoms with Gasteiger partial charge in [-0.15, -0.1) is 10.2 Å². The SMILES string of the molecule is Cc1ccc(CNC(=O)c2ccc(-c3nnc(-c4ccccc4)o3)cc2)cc1. The molecule has 1 heterocycles. The predicted molar refractivity (Wildman–Crippen MR) is 108 cm³/mol. The van der Waals surface area contributed by atoms with Gasteiger partial charge in [-0.1, -0.05) is 48.0 Å². The molecule has 1 amide bonds. The first-order valence-electron chi connectivity index (χ1n) is 9.02. The van der Waals surface area contributed by atoms with E-state index in [0.29, 0.717) is 23.9 Å². The molecule has 28 heavy (non-hydrogen) atoms. The standard InChI is InChI=1S/C23H19N3O2/c1-16-7-9-17(10-8-16)15-24-21(27)18-11-13-20(14-12-18)23-26-25-22(28-23)19-5-3-2-4-6-19/h2-14H,15H2,1H3,(H,24,27). The van der Waals surface area contributed by atoms with Gasteiger partial charge in [-0.3, -0.25) is 4.79 Å². The molecule has 0 aliphatic rings. The van der Waals surface area contributed by atoms with Crippen LogP contribution >= 0.6 is 0 Å². The van der Waals surface area contributed by atoms with Gasteiger partial charge in [0, 0.05) is 23.2 Å². The van der Waals surface area contributed by atoms with E-state index in [9.17, 15) is 4.79 Å². The number of rotatable bonds is 5. The minimum Gasteiger partial charge on any atom is -0.416 e. The second-order valence-electron chi connectivity index (χ2n) is 6.52. The summed E-state index contributed by atoms with van der Waals surface area (Å²) in [5, 5.41) is 11.1. The summed E-state index contributed by atoms with van der Waals surface area (Å²) in [6, 6.07) is 24.8. The quantitative estimate of drug-likeness (QED) is 0.556. The zero-order valence-electron chi connectivity index (χ0n) is 15.4. The van der Waals surface area contributed by atoms with E-state index in [1.54, 1.807) is 12.1 Å². The van der Waals surface area contributed by atoms with Crippen molar-refractivity contribution in [2.24, 2.45) is 0 Å². The maximum absolute atomic E-state index is 12.4. The molecule has 1 N–H and O–H groups in total. The molecule has 0 bridgehead atoms. The number of nitrogens with one attached hydrogen (secondary N) is 1. The Morgan fingerprint density at radius 3 is 2.07 bits per heavy atom. The van der Waals surface area contributed by atoms with Crippen LogP contribution in [-0.2, 0) is 6.54 Å². The Morgan fingerprint density at radius 1 is 0.821 bits per heavy atom. The Bertz CT molecular complexity index is 1070. The van der Waals surface area contributed by atoms with Crippen LogP contribution in [0.1, 0.15) is 21.5 Å². The molecule has 5 heteroatoms. The molecular formula is C23H19N3O2. The van der Waals surface area contributed by atoms with Gasteiger partial charge in [0.1, 0.15) is 0 Å². The van der Waals surface area contributed by atoms with Gasteiger partial charge in [0.2, 0.25) is 11.8 Å². The molecule has 0 atom stereocenters. The van der Waals surface area contributed by atoms with Crippen molar-refractivity contribution < 1.29 is 9.21 Å². The third-order valence-corrected chi connectivity index (χ3v) is 4.41. The van der Waals surface area contributed by atoms with E-state index in [-0.39, 0.29) is 5.91 Å². The second-order valence-corrected chi connectivity index (χ2v) is 6.52. The van der Waals surface area contributed by atoms with Gasteiger partial charge < -0.3 is 9.73 Å². The van der Waals surface area contributed by atoms with Crippen molar-refractivity contribution in [3.63, 3.8) is 0 Å². The lowest BCUT2D eigenvalue weighted by Crippen LogP contribution is -2.22. The maximum Gasteiger partial charge on any atom is 0.251 e. The highest BCUT2D eigenvalue weighted by Gasteiger charge is 2.11. The molecule has 0 saturated carbocycles. The van der Waals surface area contributed by atoms with E-state index < -0.39 is 0 Å². The predicted octanol–water partition coefficient (Wildman–Crippen LogP) is 4.64. The first-order chi connectivity index (χ1) is 13.7. The smallest absolute Gasteiger partial charge is 0.251 e. The molecule has 5 nitrogen and oxygen atoms in total. The lowest BCUT2D eigenvalue weighted by Gasteiger charge is -2.06. The summed E-state index contributed by atoms with van der Waals surface area (Å²) in [5.41, 5.74) is 4.48. The molecule has 0 radical (unpaired) electrons. The van der Waals surface area contributed by atoms with Crippen LogP contribution in [0.3, 0.4) is 0 Å². The van der Waals surface area contributed by atoms with Crippen LogP contribution in [0.15, 0.2) is 83.3 Å². The van der Waals surface area contributed by atoms with E-state index in [1.807, 2.05) is 73.7 Å². The zero-order valence-corrected chi connectivity index (χ0v) is 15.4. The third-order valence-electron chi connectivity index (χ3n) is 4.41. The third kappa shape index (κ3) is 3.99. The van der Waals surface area contributed by atoms with Crippen LogP contribution in [0, 0.1) is 6.92 Å². The van der Waals surface area contributed by atoms with E-state index in [1.165, 1.54) is 5.56 Å². The number of carbonyl (C=O) groups excluding carboxylic acids is 1. The number of carbonyl (C=O) groups is 1. The van der Waals surface area contributed by atoms with Gasteiger partial charge in [-0.2, -0.15) is 0 Å². The number of nitrogens with zero attached hydrogens (tertiary/aromatic N) is 2. The van der Waals surface area contributed by atoms with E-state index in [2.05, 4.69) is 15.5 Å². The van der Waals surface area contributed by atoms with Crippen molar-refractivity contribution >= 4 is 5.91 Å². The van der Waals surface area contributed by atoms with E-state index >= 15 is 0 Å². The summed E-state index contributed by atoms with van der Waals surface area (Å²) < 4.78 is 5.75. The van der Waals surface area contributed by atoms with Crippen LogP contribution in [0.5, 0.6) is 0 Å². The molecular weight excluding hydrogens is 350 g/mol. The second kappa shape index (κ2) is 7.88. The Hall–Kier alpha value is -3.73. The fourth-order valence-electron chi connectivity index (χ4n) is 2.79. The Balaban J connectivity index is 1.43. The van der Waals surface area contributed by atoms with Crippen molar-refractivity contribution in [3.05, 3.63) is 95.6 Å². The van der Waals surface area contributed by atoms with Gasteiger partial charge in [0.25, 0.3) is 5.91 Å². The van der Waals surface area contributed by atoms with Crippen LogP contribution in [0.25, 0.3) is 22.9 Å². The van der Waals surface area contributed by atoms with Gasteiger partial charge >= 0.3 is 0 Å². The summed E-state index contributed by atoms with van der Waals surface area (Å²) in [6.45, 7) is 2.53. The monoisotopic (exact) mass is 369 g/mol. The molecule has 0 fully saturated rings. The van der Waals surface area contributed by atoms with Gasteiger partial charge in [-0.05, 0) is 48.9 Å². The number of hydrogen-bond acceptors (Lipinski definition) is 4. The van der Waals surface area contributed by atoms with Gasteiger partial charge in [0.05, 0.1) is 0 Å². The summed E-state index contributed by atoms with van der Waals surface area (Å²) >= 11 is 0. The molecule has 1 aromatic heterocycles. The Labute approximate surface area is 163 Å². The van der Waals surface area contributed by atoms with Gasteiger partial charge in [0.15, 0.2) is 0 Å². The molecule has 138 valence electrons. The van der Waals surface area contributed by atoms with Crippen molar-refractivity contribution in [1.82, 2.24) is 15.5 Å². The first-order valence-corrected chi connectivity index (χ1v) is 9.02. The van der Waals surface area contributed by atoms with E-state index in [4.69, 9.17) is 4.42 Å². The Kier molecular flexibility index (Phi) is 4.97. The summed E-state index contributed by atoms with van der Waals surface area (Å²) in [7, 11) is 0. The number of benzene rings is 3. The number of aryl methyl sites for hydroxylation is 1. The summed E-state index contributed by atoms with van der Waals surface area (Å²) in [5.74, 6) is 0.767. The molecule has 0 saturated heterocycles. The summed E-state index contributed by atoms with van der Waals surface area (Å²) in [6.07, 6.45) is 0. The molecule has 0 aliphatic carbocycles. The van der Waals surface area contributed by atoms with Crippen molar-refractivity contribution in [2.45, 2.75) is 13.5 Å². The highest BCUT2D eigenvalue weighted by atomic mass is 16.4. The number of hydrogen-bond donors (Lipinski definition) is 1. The van der Waals surface area contributed by atoms with E-state index in [0.717, 1.165) is 16.7 Å². The highest BCUT2D eigenvalue weighted by Crippen LogP contribution is 2.23. The molecule has 3 aromatic carbocycles. The molecule has 0 spiro atoms. The fourth-order valence-corrected chi connectivity index (χ4v) is 2.79. The molecule has 0 unspecified atom stereocenters. The highest BCUT2D eigenvalue weighted by molar-refractivity contribution is 5.94. The summed E-state index contributed by atoms with van der Waals surface area (Å²) in [4.78, 5) is 12.4. The average Bonchev–Trinajstić information content (AvgIpc) is 3.24. The fraction of sp³-hybridized carbons (Fsp3) is 0.0870. The van der Waals surface area contributed by atoms with Crippen LogP contribution in [0.2, 0.25) is 0 Å². The van der Waals surface area contributed by atoms with Crippen LogP contribution in [0.4, 0.5) is 0 Å². The molecule has 0 aliphatic heterocycles. The van der Waals surface area contributed by atoms with Crippen LogP contribution in [-0.4, -0.2) is 16.1 Å². The van der Waals surface area contributed by atoms with Crippen molar-refractivity contribution in [2.75, 3.05) is 0 Å². The number of aromatic nitrogens is 2. The average molecular weight is 369 g/mol. The molecule has 4 aromatic rings. The lowest BCUT2D eigenvalue weighted by molar-refractivity contribution is 0.0951. The largest absolute Gasteiger partial charge is 0.416 e.